The second-order valence-corrected chi connectivity index (χ2v) is 5.18. The van der Waals surface area contributed by atoms with Gasteiger partial charge in [0.25, 0.3) is 5.69 Å². The van der Waals surface area contributed by atoms with Gasteiger partial charge in [0.15, 0.2) is 0 Å². The van der Waals surface area contributed by atoms with Crippen molar-refractivity contribution >= 4 is 11.6 Å². The van der Waals surface area contributed by atoms with E-state index in [-0.39, 0.29) is 24.3 Å². The third-order valence-corrected chi connectivity index (χ3v) is 3.05. The SMILES string of the molecule is CC(C)(C#N)OCCC(C(N)=O)c1cc([N+](=O)[O-])ccc1F. The number of benzene rings is 1. The minimum atomic E-state index is -1.07. The number of amides is 1. The summed E-state index contributed by atoms with van der Waals surface area (Å²) < 4.78 is 19.1. The molecule has 22 heavy (non-hydrogen) atoms. The number of non-ortho nitro benzene ring substituents is 1. The van der Waals surface area contributed by atoms with Crippen LogP contribution in [0.4, 0.5) is 10.1 Å². The van der Waals surface area contributed by atoms with Crippen molar-refractivity contribution in [2.75, 3.05) is 6.61 Å². The van der Waals surface area contributed by atoms with Crippen molar-refractivity contribution < 1.29 is 18.8 Å². The summed E-state index contributed by atoms with van der Waals surface area (Å²) in [5.74, 6) is -2.65. The normalized spacial score (nSPS) is 12.5. The standard InChI is InChI=1S/C14H16FN3O4/c1-14(2,8-16)22-6-5-10(13(17)19)11-7-9(18(20)21)3-4-12(11)15/h3-4,7,10H,5-6H2,1-2H3,(H2,17,19). The van der Waals surface area contributed by atoms with Gasteiger partial charge >= 0.3 is 0 Å². The van der Waals surface area contributed by atoms with Gasteiger partial charge in [-0.1, -0.05) is 0 Å². The first-order chi connectivity index (χ1) is 10.2. The maximum absolute atomic E-state index is 13.8. The summed E-state index contributed by atoms with van der Waals surface area (Å²) in [6.07, 6.45) is 0.0124. The molecule has 0 saturated heterocycles. The highest BCUT2D eigenvalue weighted by atomic mass is 19.1. The Labute approximate surface area is 126 Å². The van der Waals surface area contributed by atoms with Gasteiger partial charge in [0, 0.05) is 24.3 Å². The van der Waals surface area contributed by atoms with E-state index in [9.17, 15) is 19.3 Å². The molecule has 8 heteroatoms. The Morgan fingerprint density at radius 1 is 1.59 bits per heavy atom. The molecule has 1 atom stereocenters. The second kappa shape index (κ2) is 6.95. The number of halogens is 1. The molecule has 0 saturated carbocycles. The number of primary amides is 1. The Morgan fingerprint density at radius 2 is 2.23 bits per heavy atom. The highest BCUT2D eigenvalue weighted by Crippen LogP contribution is 2.27. The zero-order valence-electron chi connectivity index (χ0n) is 12.2. The summed E-state index contributed by atoms with van der Waals surface area (Å²) in [6.45, 7) is 3.07. The van der Waals surface area contributed by atoms with E-state index in [1.807, 2.05) is 6.07 Å². The first kappa shape index (κ1) is 17.5. The van der Waals surface area contributed by atoms with Crippen LogP contribution in [0.1, 0.15) is 31.7 Å². The predicted octanol–water partition coefficient (Wildman–Crippen LogP) is 2.01. The number of nitro groups is 1. The molecular formula is C14H16FN3O4. The Kier molecular flexibility index (Phi) is 5.54. The van der Waals surface area contributed by atoms with Crippen LogP contribution in [0.2, 0.25) is 0 Å². The van der Waals surface area contributed by atoms with E-state index in [0.29, 0.717) is 0 Å². The number of nitrogens with zero attached hydrogens (tertiary/aromatic N) is 2. The van der Waals surface area contributed by atoms with Gasteiger partial charge < -0.3 is 10.5 Å². The summed E-state index contributed by atoms with van der Waals surface area (Å²) in [4.78, 5) is 21.6. The third-order valence-electron chi connectivity index (χ3n) is 3.05. The lowest BCUT2D eigenvalue weighted by molar-refractivity contribution is -0.385. The van der Waals surface area contributed by atoms with E-state index in [0.717, 1.165) is 18.2 Å². The van der Waals surface area contributed by atoms with Crippen LogP contribution < -0.4 is 5.73 Å². The number of hydrogen-bond donors (Lipinski definition) is 1. The van der Waals surface area contributed by atoms with E-state index in [1.165, 1.54) is 0 Å². The minimum Gasteiger partial charge on any atom is -0.369 e. The van der Waals surface area contributed by atoms with Crippen LogP contribution in [-0.2, 0) is 9.53 Å². The molecule has 0 aliphatic heterocycles. The number of carbonyl (C=O) groups excluding carboxylic acids is 1. The topological polar surface area (TPSA) is 119 Å². The maximum Gasteiger partial charge on any atom is 0.269 e. The summed E-state index contributed by atoms with van der Waals surface area (Å²) in [5.41, 5.74) is 3.71. The number of ether oxygens (including phenoxy) is 1. The molecule has 1 amide bonds. The average Bonchev–Trinajstić information content (AvgIpc) is 2.44. The lowest BCUT2D eigenvalue weighted by Crippen LogP contribution is -2.27. The summed E-state index contributed by atoms with van der Waals surface area (Å²) in [5, 5.41) is 19.6. The first-order valence-corrected chi connectivity index (χ1v) is 6.46. The monoisotopic (exact) mass is 309 g/mol. The molecular weight excluding hydrogens is 293 g/mol. The lowest BCUT2D eigenvalue weighted by atomic mass is 9.94. The average molecular weight is 309 g/mol. The van der Waals surface area contributed by atoms with E-state index >= 15 is 0 Å². The van der Waals surface area contributed by atoms with Gasteiger partial charge in [-0.3, -0.25) is 14.9 Å². The van der Waals surface area contributed by atoms with Crippen molar-refractivity contribution in [1.82, 2.24) is 0 Å². The van der Waals surface area contributed by atoms with Crippen molar-refractivity contribution in [2.24, 2.45) is 5.73 Å². The van der Waals surface area contributed by atoms with Crippen molar-refractivity contribution in [3.63, 3.8) is 0 Å². The quantitative estimate of drug-likeness (QED) is 0.610. The molecule has 0 aliphatic carbocycles. The fourth-order valence-electron chi connectivity index (χ4n) is 1.83. The molecule has 0 spiro atoms. The Balaban J connectivity index is 2.97. The van der Waals surface area contributed by atoms with Crippen LogP contribution in [0.15, 0.2) is 18.2 Å². The number of hydrogen-bond acceptors (Lipinski definition) is 5. The van der Waals surface area contributed by atoms with Gasteiger partial charge in [-0.05, 0) is 26.3 Å². The van der Waals surface area contributed by atoms with Crippen LogP contribution >= 0.6 is 0 Å². The molecule has 0 radical (unpaired) electrons. The minimum absolute atomic E-state index is 0.0124. The molecule has 0 heterocycles. The van der Waals surface area contributed by atoms with Crippen molar-refractivity contribution in [3.05, 3.63) is 39.7 Å². The van der Waals surface area contributed by atoms with Crippen LogP contribution in [0.25, 0.3) is 0 Å². The second-order valence-electron chi connectivity index (χ2n) is 5.18. The number of carbonyl (C=O) groups is 1. The predicted molar refractivity (Wildman–Crippen MR) is 75.3 cm³/mol. The molecule has 1 aromatic carbocycles. The molecule has 7 nitrogen and oxygen atoms in total. The highest BCUT2D eigenvalue weighted by Gasteiger charge is 2.25. The van der Waals surface area contributed by atoms with E-state index in [2.05, 4.69) is 0 Å². The smallest absolute Gasteiger partial charge is 0.269 e. The third kappa shape index (κ3) is 4.49. The van der Waals surface area contributed by atoms with Gasteiger partial charge in [-0.25, -0.2) is 4.39 Å². The van der Waals surface area contributed by atoms with E-state index in [1.54, 1.807) is 13.8 Å². The Morgan fingerprint density at radius 3 is 2.73 bits per heavy atom. The molecule has 0 aromatic heterocycles. The van der Waals surface area contributed by atoms with Crippen molar-refractivity contribution in [2.45, 2.75) is 31.8 Å². The van der Waals surface area contributed by atoms with Crippen molar-refractivity contribution in [1.29, 1.82) is 5.26 Å². The van der Waals surface area contributed by atoms with Gasteiger partial charge in [-0.2, -0.15) is 5.26 Å². The summed E-state index contributed by atoms with van der Waals surface area (Å²) in [6, 6.07) is 4.83. The largest absolute Gasteiger partial charge is 0.369 e. The molecule has 118 valence electrons. The summed E-state index contributed by atoms with van der Waals surface area (Å²) in [7, 11) is 0. The fourth-order valence-corrected chi connectivity index (χ4v) is 1.83. The molecule has 2 N–H and O–H groups in total. The van der Waals surface area contributed by atoms with Gasteiger partial charge in [-0.15, -0.1) is 0 Å². The molecule has 1 aromatic rings. The van der Waals surface area contributed by atoms with Crippen LogP contribution in [-0.4, -0.2) is 23.0 Å². The van der Waals surface area contributed by atoms with Crippen LogP contribution in [0.5, 0.6) is 0 Å². The van der Waals surface area contributed by atoms with Gasteiger partial charge in [0.2, 0.25) is 5.91 Å². The first-order valence-electron chi connectivity index (χ1n) is 6.46. The van der Waals surface area contributed by atoms with Crippen LogP contribution in [0, 0.1) is 27.3 Å². The highest BCUT2D eigenvalue weighted by molar-refractivity contribution is 5.82. The lowest BCUT2D eigenvalue weighted by Gasteiger charge is -2.19. The zero-order valence-corrected chi connectivity index (χ0v) is 12.2. The molecule has 0 bridgehead atoms. The number of nitriles is 1. The molecule has 1 rings (SSSR count). The fraction of sp³-hybridized carbons (Fsp3) is 0.429. The van der Waals surface area contributed by atoms with Crippen molar-refractivity contribution in [3.8, 4) is 6.07 Å². The Bertz CT molecular complexity index is 625. The molecule has 0 aliphatic rings. The summed E-state index contributed by atoms with van der Waals surface area (Å²) >= 11 is 0. The maximum atomic E-state index is 13.8. The number of nitrogens with two attached hydrogens (primary N) is 1. The van der Waals surface area contributed by atoms with E-state index < -0.39 is 28.2 Å². The van der Waals surface area contributed by atoms with E-state index in [4.69, 9.17) is 15.7 Å². The number of nitro benzene ring substituents is 1. The van der Waals surface area contributed by atoms with Crippen LogP contribution in [0.3, 0.4) is 0 Å². The number of rotatable bonds is 7. The molecule has 1 unspecified atom stereocenters. The molecule has 0 fully saturated rings. The van der Waals surface area contributed by atoms with Gasteiger partial charge in [0.05, 0.1) is 16.9 Å². The zero-order chi connectivity index (χ0) is 16.9. The Hall–Kier alpha value is -2.53. The van der Waals surface area contributed by atoms with Gasteiger partial charge in [0.1, 0.15) is 11.4 Å².